The molecule has 3 aromatic rings. The van der Waals surface area contributed by atoms with E-state index >= 15 is 0 Å². The molecule has 0 fully saturated rings. The highest BCUT2D eigenvalue weighted by Gasteiger charge is 2.09. The summed E-state index contributed by atoms with van der Waals surface area (Å²) in [5.41, 5.74) is 2.48. The highest BCUT2D eigenvalue weighted by molar-refractivity contribution is 6.03. The molecule has 1 aromatic heterocycles. The molecule has 3 rings (SSSR count). The second-order valence-corrected chi connectivity index (χ2v) is 6.41. The van der Waals surface area contributed by atoms with Crippen LogP contribution in [0.25, 0.3) is 0 Å². The van der Waals surface area contributed by atoms with E-state index in [-0.39, 0.29) is 12.0 Å². The summed E-state index contributed by atoms with van der Waals surface area (Å²) in [5.74, 6) is 1.47. The molecule has 2 N–H and O–H groups in total. The van der Waals surface area contributed by atoms with E-state index in [9.17, 15) is 4.79 Å². The van der Waals surface area contributed by atoms with Crippen LogP contribution in [0.3, 0.4) is 0 Å². The highest BCUT2D eigenvalue weighted by atomic mass is 16.5. The molecule has 0 aliphatic rings. The molecular formula is C21H22N4O2. The first-order valence-electron chi connectivity index (χ1n) is 8.76. The molecular weight excluding hydrogens is 340 g/mol. The van der Waals surface area contributed by atoms with Gasteiger partial charge in [0.15, 0.2) is 11.6 Å². The van der Waals surface area contributed by atoms with Crippen LogP contribution in [0.5, 0.6) is 5.75 Å². The Morgan fingerprint density at radius 3 is 2.26 bits per heavy atom. The van der Waals surface area contributed by atoms with Gasteiger partial charge < -0.3 is 15.4 Å². The lowest BCUT2D eigenvalue weighted by Crippen LogP contribution is -2.13. The number of nitrogens with one attached hydrogen (secondary N) is 2. The molecule has 27 heavy (non-hydrogen) atoms. The lowest BCUT2D eigenvalue weighted by molar-refractivity contribution is 0.102. The first-order chi connectivity index (χ1) is 13.0. The minimum atomic E-state index is -0.222. The van der Waals surface area contributed by atoms with Crippen molar-refractivity contribution < 1.29 is 9.53 Å². The second-order valence-electron chi connectivity index (χ2n) is 6.41. The Labute approximate surface area is 158 Å². The Kier molecular flexibility index (Phi) is 5.66. The van der Waals surface area contributed by atoms with Crippen molar-refractivity contribution in [2.75, 3.05) is 10.6 Å². The van der Waals surface area contributed by atoms with Crippen molar-refractivity contribution in [3.05, 3.63) is 71.8 Å². The van der Waals surface area contributed by atoms with Crippen LogP contribution in [0.4, 0.5) is 17.3 Å². The van der Waals surface area contributed by atoms with E-state index in [0.29, 0.717) is 17.2 Å². The first kappa shape index (κ1) is 18.4. The Morgan fingerprint density at radius 2 is 1.59 bits per heavy atom. The highest BCUT2D eigenvalue weighted by Crippen LogP contribution is 2.27. The summed E-state index contributed by atoms with van der Waals surface area (Å²) in [6.07, 6.45) is 0.0680. The van der Waals surface area contributed by atoms with E-state index in [2.05, 4.69) is 20.8 Å². The number of rotatable bonds is 6. The molecule has 6 nitrogen and oxygen atoms in total. The summed E-state index contributed by atoms with van der Waals surface area (Å²) in [4.78, 5) is 12.2. The van der Waals surface area contributed by atoms with Crippen LogP contribution in [-0.2, 0) is 0 Å². The van der Waals surface area contributed by atoms with Gasteiger partial charge in [-0.2, -0.15) is 0 Å². The average molecular weight is 362 g/mol. The van der Waals surface area contributed by atoms with Crippen LogP contribution >= 0.6 is 0 Å². The molecule has 0 saturated heterocycles. The quantitative estimate of drug-likeness (QED) is 0.672. The zero-order valence-corrected chi connectivity index (χ0v) is 15.6. The monoisotopic (exact) mass is 362 g/mol. The van der Waals surface area contributed by atoms with Crippen molar-refractivity contribution in [1.29, 1.82) is 0 Å². The summed E-state index contributed by atoms with van der Waals surface area (Å²) < 4.78 is 5.78. The van der Waals surface area contributed by atoms with Gasteiger partial charge in [-0.25, -0.2) is 0 Å². The normalized spacial score (nSPS) is 10.5. The van der Waals surface area contributed by atoms with Crippen LogP contribution in [0.1, 0.15) is 29.8 Å². The third kappa shape index (κ3) is 5.04. The fourth-order valence-corrected chi connectivity index (χ4v) is 2.42. The minimum Gasteiger partial charge on any atom is -0.489 e. The molecule has 0 aliphatic heterocycles. The van der Waals surface area contributed by atoms with Crippen LogP contribution in [0, 0.1) is 6.92 Å². The van der Waals surface area contributed by atoms with E-state index in [4.69, 9.17) is 4.74 Å². The number of hydrogen-bond donors (Lipinski definition) is 2. The van der Waals surface area contributed by atoms with E-state index < -0.39 is 0 Å². The number of aromatic nitrogens is 2. The Balaban J connectivity index is 1.67. The molecule has 0 atom stereocenters. The topological polar surface area (TPSA) is 76.1 Å². The molecule has 138 valence electrons. The van der Waals surface area contributed by atoms with Gasteiger partial charge in [-0.1, -0.05) is 29.8 Å². The number of hydrogen-bond acceptors (Lipinski definition) is 5. The summed E-state index contributed by atoms with van der Waals surface area (Å²) >= 11 is 0. The molecule has 0 unspecified atom stereocenters. The van der Waals surface area contributed by atoms with Crippen LogP contribution < -0.4 is 15.4 Å². The smallest absolute Gasteiger partial charge is 0.256 e. The maximum atomic E-state index is 12.2. The zero-order valence-electron chi connectivity index (χ0n) is 15.6. The largest absolute Gasteiger partial charge is 0.489 e. The number of aryl methyl sites for hydroxylation is 1. The number of anilines is 3. The van der Waals surface area contributed by atoms with Crippen molar-refractivity contribution in [3.63, 3.8) is 0 Å². The summed E-state index contributed by atoms with van der Waals surface area (Å²) in [7, 11) is 0. The molecule has 2 aromatic carbocycles. The van der Waals surface area contributed by atoms with Gasteiger partial charge >= 0.3 is 0 Å². The van der Waals surface area contributed by atoms with Crippen molar-refractivity contribution >= 4 is 23.2 Å². The third-order valence-corrected chi connectivity index (χ3v) is 3.73. The molecule has 0 spiro atoms. The number of para-hydroxylation sites is 2. The first-order valence-corrected chi connectivity index (χ1v) is 8.76. The number of carbonyl (C=O) groups is 1. The lowest BCUT2D eigenvalue weighted by Gasteiger charge is -2.15. The molecule has 1 heterocycles. The molecule has 0 saturated carbocycles. The van der Waals surface area contributed by atoms with Crippen molar-refractivity contribution in [1.82, 2.24) is 10.2 Å². The van der Waals surface area contributed by atoms with E-state index in [0.717, 1.165) is 17.0 Å². The van der Waals surface area contributed by atoms with Crippen LogP contribution in [0.15, 0.2) is 60.7 Å². The van der Waals surface area contributed by atoms with E-state index in [1.807, 2.05) is 57.2 Å². The summed E-state index contributed by atoms with van der Waals surface area (Å²) in [6, 6.07) is 18.4. The summed E-state index contributed by atoms with van der Waals surface area (Å²) in [6.45, 7) is 5.92. The Morgan fingerprint density at radius 1 is 0.926 bits per heavy atom. The van der Waals surface area contributed by atoms with E-state index in [1.165, 1.54) is 0 Å². The molecule has 1 amide bonds. The predicted molar refractivity (Wildman–Crippen MR) is 107 cm³/mol. The molecule has 0 radical (unpaired) electrons. The van der Waals surface area contributed by atoms with Gasteiger partial charge in [0.1, 0.15) is 5.75 Å². The van der Waals surface area contributed by atoms with Gasteiger partial charge in [0.2, 0.25) is 0 Å². The maximum Gasteiger partial charge on any atom is 0.256 e. The van der Waals surface area contributed by atoms with Gasteiger partial charge in [-0.3, -0.25) is 4.79 Å². The number of benzene rings is 2. The minimum absolute atomic E-state index is 0.0680. The fourth-order valence-electron chi connectivity index (χ4n) is 2.42. The van der Waals surface area contributed by atoms with Crippen molar-refractivity contribution in [3.8, 4) is 5.75 Å². The van der Waals surface area contributed by atoms with Gasteiger partial charge in [-0.05, 0) is 57.2 Å². The SMILES string of the molecule is Cc1ccc(C(=O)Nc2ccc(Nc3ccccc3OC(C)C)nn2)cc1. The van der Waals surface area contributed by atoms with E-state index in [1.54, 1.807) is 24.3 Å². The number of ether oxygens (including phenoxy) is 1. The Hall–Kier alpha value is -3.41. The number of amides is 1. The van der Waals surface area contributed by atoms with Crippen molar-refractivity contribution in [2.24, 2.45) is 0 Å². The average Bonchev–Trinajstić information content (AvgIpc) is 2.65. The molecule has 0 bridgehead atoms. The number of carbonyl (C=O) groups excluding carboxylic acids is 1. The Bertz CT molecular complexity index is 906. The fraction of sp³-hybridized carbons (Fsp3) is 0.190. The van der Waals surface area contributed by atoms with Crippen molar-refractivity contribution in [2.45, 2.75) is 26.9 Å². The maximum absolute atomic E-state index is 12.2. The zero-order chi connectivity index (χ0) is 19.2. The molecule has 0 aliphatic carbocycles. The lowest BCUT2D eigenvalue weighted by atomic mass is 10.1. The van der Waals surface area contributed by atoms with Gasteiger partial charge in [0.05, 0.1) is 11.8 Å². The standard InChI is InChI=1S/C21H22N4O2/c1-14(2)27-18-7-5-4-6-17(18)22-19-12-13-20(25-24-19)23-21(26)16-10-8-15(3)9-11-16/h4-14H,1-3H3,(H,22,24)(H,23,25,26). The molecule has 6 heteroatoms. The summed E-state index contributed by atoms with van der Waals surface area (Å²) in [5, 5.41) is 14.1. The van der Waals surface area contributed by atoms with Crippen LogP contribution in [0.2, 0.25) is 0 Å². The number of nitrogens with zero attached hydrogens (tertiary/aromatic N) is 2. The predicted octanol–water partition coefficient (Wildman–Crippen LogP) is 4.57. The third-order valence-electron chi connectivity index (χ3n) is 3.73. The van der Waals surface area contributed by atoms with Gasteiger partial charge in [0, 0.05) is 5.56 Å². The second kappa shape index (κ2) is 8.31. The van der Waals surface area contributed by atoms with Crippen LogP contribution in [-0.4, -0.2) is 22.2 Å². The van der Waals surface area contributed by atoms with Gasteiger partial charge in [0.25, 0.3) is 5.91 Å². The van der Waals surface area contributed by atoms with Gasteiger partial charge in [-0.15, -0.1) is 10.2 Å².